The Morgan fingerprint density at radius 3 is 1.09 bits per heavy atom. The maximum absolute atomic E-state index is 2.33. The quantitative estimate of drug-likeness (QED) is 0.207. The molecular weight excluding hydrogens is 518 g/mol. The van der Waals surface area contributed by atoms with Crippen molar-refractivity contribution in [2.45, 2.75) is 0 Å². The molecule has 0 fully saturated rings. The van der Waals surface area contributed by atoms with Crippen LogP contribution in [0.5, 0.6) is 0 Å². The lowest BCUT2D eigenvalue weighted by Crippen LogP contribution is -2.09. The summed E-state index contributed by atoms with van der Waals surface area (Å²) in [6.07, 6.45) is 0. The van der Waals surface area contributed by atoms with Crippen LogP contribution in [0.3, 0.4) is 0 Å². The number of hydrogen-bond acceptors (Lipinski definition) is 1. The van der Waals surface area contributed by atoms with Crippen molar-refractivity contribution in [2.75, 3.05) is 4.90 Å². The Morgan fingerprint density at radius 1 is 0.233 bits per heavy atom. The second-order valence-electron chi connectivity index (χ2n) is 11.0. The van der Waals surface area contributed by atoms with Crippen LogP contribution in [0.25, 0.3) is 55.6 Å². The van der Waals surface area contributed by atoms with Crippen LogP contribution < -0.4 is 4.90 Å². The molecule has 1 aliphatic rings. The van der Waals surface area contributed by atoms with E-state index >= 15 is 0 Å². The summed E-state index contributed by atoms with van der Waals surface area (Å²) < 4.78 is 0. The maximum Gasteiger partial charge on any atom is 0.0462 e. The monoisotopic (exact) mass is 547 g/mol. The van der Waals surface area contributed by atoms with Crippen LogP contribution in [-0.2, 0) is 0 Å². The molecule has 0 radical (unpaired) electrons. The SMILES string of the molecule is c1ccc(-c2ccc(N(c3ccccc3)c3ccc(-c4c5cccc4-c4ccccc4-c4ccccc4-5)cc3)cc2)cc1. The van der Waals surface area contributed by atoms with Gasteiger partial charge < -0.3 is 4.90 Å². The van der Waals surface area contributed by atoms with Gasteiger partial charge in [0.15, 0.2) is 0 Å². The van der Waals surface area contributed by atoms with E-state index in [4.69, 9.17) is 0 Å². The van der Waals surface area contributed by atoms with Crippen LogP contribution in [0.4, 0.5) is 17.1 Å². The van der Waals surface area contributed by atoms with E-state index in [2.05, 4.69) is 181 Å². The lowest BCUT2D eigenvalue weighted by molar-refractivity contribution is 1.28. The van der Waals surface area contributed by atoms with Crippen molar-refractivity contribution >= 4 is 17.1 Å². The van der Waals surface area contributed by atoms with E-state index in [0.29, 0.717) is 0 Å². The molecule has 0 saturated heterocycles. The Kier molecular flexibility index (Phi) is 6.20. The lowest BCUT2D eigenvalue weighted by Gasteiger charge is -2.26. The molecule has 7 aromatic carbocycles. The van der Waals surface area contributed by atoms with Gasteiger partial charge >= 0.3 is 0 Å². The minimum Gasteiger partial charge on any atom is -0.311 e. The van der Waals surface area contributed by atoms with E-state index in [0.717, 1.165) is 17.1 Å². The van der Waals surface area contributed by atoms with Gasteiger partial charge in [-0.2, -0.15) is 0 Å². The largest absolute Gasteiger partial charge is 0.311 e. The Balaban J connectivity index is 1.24. The molecule has 0 N–H and O–H groups in total. The van der Waals surface area contributed by atoms with Crippen molar-refractivity contribution in [3.63, 3.8) is 0 Å². The summed E-state index contributed by atoms with van der Waals surface area (Å²) in [4.78, 5) is 2.33. The molecule has 0 unspecified atom stereocenters. The third-order valence-electron chi connectivity index (χ3n) is 8.45. The summed E-state index contributed by atoms with van der Waals surface area (Å²) in [5.74, 6) is 0. The zero-order valence-electron chi connectivity index (χ0n) is 23.7. The maximum atomic E-state index is 2.33. The molecule has 0 heterocycles. The first-order chi connectivity index (χ1) is 21.3. The normalized spacial score (nSPS) is 11.3. The third kappa shape index (κ3) is 4.43. The van der Waals surface area contributed by atoms with Gasteiger partial charge in [0.2, 0.25) is 0 Å². The van der Waals surface area contributed by atoms with Crippen LogP contribution in [-0.4, -0.2) is 0 Å². The molecule has 1 nitrogen and oxygen atoms in total. The van der Waals surface area contributed by atoms with Crippen LogP contribution in [0.15, 0.2) is 176 Å². The third-order valence-corrected chi connectivity index (χ3v) is 8.45. The van der Waals surface area contributed by atoms with E-state index in [-0.39, 0.29) is 0 Å². The molecule has 0 saturated carbocycles. The molecule has 43 heavy (non-hydrogen) atoms. The van der Waals surface area contributed by atoms with E-state index < -0.39 is 0 Å². The molecule has 0 amide bonds. The zero-order chi connectivity index (χ0) is 28.6. The number of benzene rings is 7. The van der Waals surface area contributed by atoms with Gasteiger partial charge in [0.25, 0.3) is 0 Å². The van der Waals surface area contributed by atoms with Crippen molar-refractivity contribution in [1.82, 2.24) is 0 Å². The van der Waals surface area contributed by atoms with Gasteiger partial charge in [-0.3, -0.25) is 0 Å². The fourth-order valence-electron chi connectivity index (χ4n) is 6.45. The topological polar surface area (TPSA) is 3.24 Å². The van der Waals surface area contributed by atoms with Gasteiger partial charge in [0, 0.05) is 17.1 Å². The molecule has 2 bridgehead atoms. The summed E-state index contributed by atoms with van der Waals surface area (Å²) in [5, 5.41) is 0. The van der Waals surface area contributed by atoms with Gasteiger partial charge in [-0.1, -0.05) is 140 Å². The predicted octanol–water partition coefficient (Wildman–Crippen LogP) is 11.8. The van der Waals surface area contributed by atoms with Crippen molar-refractivity contribution in [3.05, 3.63) is 176 Å². The number of rotatable bonds is 5. The summed E-state index contributed by atoms with van der Waals surface area (Å²) in [5.41, 5.74) is 16.0. The van der Waals surface area contributed by atoms with Gasteiger partial charge in [0.05, 0.1) is 0 Å². The average Bonchev–Trinajstić information content (AvgIpc) is 3.15. The van der Waals surface area contributed by atoms with E-state index in [9.17, 15) is 0 Å². The highest BCUT2D eigenvalue weighted by Gasteiger charge is 2.23. The van der Waals surface area contributed by atoms with Gasteiger partial charge in [-0.15, -0.1) is 0 Å². The highest BCUT2D eigenvalue weighted by atomic mass is 15.1. The lowest BCUT2D eigenvalue weighted by atomic mass is 9.89. The second kappa shape index (κ2) is 10.6. The first kappa shape index (κ1) is 25.1. The zero-order valence-corrected chi connectivity index (χ0v) is 23.7. The molecule has 0 aromatic heterocycles. The fourth-order valence-corrected chi connectivity index (χ4v) is 6.45. The van der Waals surface area contributed by atoms with Crippen LogP contribution >= 0.6 is 0 Å². The van der Waals surface area contributed by atoms with Crippen LogP contribution in [0.2, 0.25) is 0 Å². The van der Waals surface area contributed by atoms with Gasteiger partial charge in [0.1, 0.15) is 0 Å². The van der Waals surface area contributed by atoms with E-state index in [1.54, 1.807) is 0 Å². The summed E-state index contributed by atoms with van der Waals surface area (Å²) in [6.45, 7) is 0. The van der Waals surface area contributed by atoms with Gasteiger partial charge in [-0.05, 0) is 92.0 Å². The van der Waals surface area contributed by atoms with Gasteiger partial charge in [-0.25, -0.2) is 0 Å². The smallest absolute Gasteiger partial charge is 0.0462 e. The molecule has 0 atom stereocenters. The number of anilines is 3. The Bertz CT molecular complexity index is 1980. The number of hydrogen-bond donors (Lipinski definition) is 0. The van der Waals surface area contributed by atoms with Crippen molar-refractivity contribution in [1.29, 1.82) is 0 Å². The molecule has 1 heteroatoms. The molecule has 0 aliphatic heterocycles. The molecule has 1 aliphatic carbocycles. The van der Waals surface area contributed by atoms with E-state index in [1.165, 1.54) is 55.6 Å². The highest BCUT2D eigenvalue weighted by molar-refractivity contribution is 6.05. The van der Waals surface area contributed by atoms with E-state index in [1.807, 2.05) is 0 Å². The molecule has 8 rings (SSSR count). The minimum atomic E-state index is 1.12. The second-order valence-corrected chi connectivity index (χ2v) is 11.0. The van der Waals surface area contributed by atoms with Crippen molar-refractivity contribution in [2.24, 2.45) is 0 Å². The Hall–Kier alpha value is -5.66. The average molecular weight is 548 g/mol. The predicted molar refractivity (Wildman–Crippen MR) is 182 cm³/mol. The first-order valence-corrected chi connectivity index (χ1v) is 14.8. The molecule has 0 spiro atoms. The summed E-state index contributed by atoms with van der Waals surface area (Å²) in [7, 11) is 0. The van der Waals surface area contributed by atoms with Crippen LogP contribution in [0, 0.1) is 0 Å². The highest BCUT2D eigenvalue weighted by Crippen LogP contribution is 2.49. The molecule has 202 valence electrons. The molecule has 7 aromatic rings. The Morgan fingerprint density at radius 2 is 0.581 bits per heavy atom. The Labute approximate surface area is 253 Å². The number of fused-ring (bicyclic) bond motifs is 7. The first-order valence-electron chi connectivity index (χ1n) is 14.8. The summed E-state index contributed by atoms with van der Waals surface area (Å²) in [6, 6.07) is 63.4. The van der Waals surface area contributed by atoms with Crippen molar-refractivity contribution < 1.29 is 0 Å². The number of para-hydroxylation sites is 1. The van der Waals surface area contributed by atoms with Crippen molar-refractivity contribution in [3.8, 4) is 55.6 Å². The van der Waals surface area contributed by atoms with Crippen LogP contribution in [0.1, 0.15) is 0 Å². The fraction of sp³-hybridized carbons (Fsp3) is 0. The summed E-state index contributed by atoms with van der Waals surface area (Å²) >= 11 is 0. The standard InChI is InChI=1S/C42H29N/c1-3-12-30(13-4-1)31-22-26-34(27-23-31)43(33-14-5-2-6-15-33)35-28-24-32(25-29-35)42-40-20-11-21-41(42)39-19-10-8-17-37(39)36-16-7-9-18-38(36)40/h1-29H. The minimum absolute atomic E-state index is 1.12. The number of nitrogens with zero attached hydrogens (tertiary/aromatic N) is 1. The molecular formula is C42H29N.